The lowest BCUT2D eigenvalue weighted by atomic mass is 9.98. The number of ether oxygens (including phenoxy) is 1. The lowest BCUT2D eigenvalue weighted by Gasteiger charge is -2.22. The second-order valence-electron chi connectivity index (χ2n) is 8.75. The maximum atomic E-state index is 12.0. The molecule has 4 aromatic rings. The van der Waals surface area contributed by atoms with Gasteiger partial charge in [-0.2, -0.15) is 5.21 Å². The Morgan fingerprint density at radius 1 is 1.14 bits per heavy atom. The van der Waals surface area contributed by atoms with Crippen LogP contribution >= 0.6 is 12.4 Å². The summed E-state index contributed by atoms with van der Waals surface area (Å²) in [4.78, 5) is 17.0. The van der Waals surface area contributed by atoms with E-state index in [2.05, 4.69) is 67.8 Å². The molecule has 9 nitrogen and oxygen atoms in total. The van der Waals surface area contributed by atoms with Gasteiger partial charge in [0.1, 0.15) is 11.9 Å². The Hall–Kier alpha value is -3.56. The molecule has 0 spiro atoms. The van der Waals surface area contributed by atoms with Gasteiger partial charge >= 0.3 is 5.97 Å². The van der Waals surface area contributed by atoms with E-state index in [9.17, 15) is 4.79 Å². The number of hydrogen-bond donors (Lipinski definition) is 2. The van der Waals surface area contributed by atoms with Gasteiger partial charge in [-0.15, -0.1) is 22.6 Å². The molecule has 0 saturated carbocycles. The molecule has 3 heterocycles. The molecule has 0 bridgehead atoms. The van der Waals surface area contributed by atoms with E-state index in [-0.39, 0.29) is 24.4 Å². The average Bonchev–Trinajstić information content (AvgIpc) is 3.56. The second-order valence-corrected chi connectivity index (χ2v) is 8.75. The Balaban J connectivity index is 0.00000304. The van der Waals surface area contributed by atoms with E-state index in [1.165, 1.54) is 12.7 Å². The number of nitrogens with zero attached hydrogens (tertiary/aromatic N) is 5. The summed E-state index contributed by atoms with van der Waals surface area (Å²) < 4.78 is 7.25. The van der Waals surface area contributed by atoms with Crippen molar-refractivity contribution >= 4 is 18.4 Å². The van der Waals surface area contributed by atoms with E-state index in [1.54, 1.807) is 0 Å². The molecule has 36 heavy (non-hydrogen) atoms. The topological polar surface area (TPSA) is 111 Å². The van der Waals surface area contributed by atoms with Crippen LogP contribution in [0, 0.1) is 0 Å². The monoisotopic (exact) mass is 507 g/mol. The quantitative estimate of drug-likeness (QED) is 0.349. The third-order valence-electron chi connectivity index (χ3n) is 6.51. The van der Waals surface area contributed by atoms with Crippen LogP contribution in [0.4, 0.5) is 0 Å². The standard InChI is InChI=1S/C26H29N7O2.ClH/c1-3-4-9-24-28-21-14-22(26(34)35-2)27-15-23(21)33(24)16-17-10-12-18(13-11-17)19-7-5-6-8-20(19)25-29-31-32-30-25;/h5-8,10-13,22,27H,3-4,9,14-16H2,1-2H3,(H,29,30,31,32);1H. The molecule has 1 aliphatic heterocycles. The third kappa shape index (κ3) is 5.17. The van der Waals surface area contributed by atoms with Crippen molar-refractivity contribution in [3.8, 4) is 22.5 Å². The molecule has 0 amide bonds. The van der Waals surface area contributed by atoms with Crippen LogP contribution in [0.5, 0.6) is 0 Å². The van der Waals surface area contributed by atoms with Crippen molar-refractivity contribution < 1.29 is 9.53 Å². The first-order valence-electron chi connectivity index (χ1n) is 12.0. The molecule has 0 saturated heterocycles. The number of carbonyl (C=O) groups excluding carboxylic acids is 1. The average molecular weight is 508 g/mol. The maximum Gasteiger partial charge on any atom is 0.323 e. The van der Waals surface area contributed by atoms with Crippen LogP contribution < -0.4 is 5.32 Å². The maximum absolute atomic E-state index is 12.0. The summed E-state index contributed by atoms with van der Waals surface area (Å²) in [6, 6.07) is 16.3. The first-order valence-corrected chi connectivity index (χ1v) is 12.0. The molecule has 0 aliphatic carbocycles. The summed E-state index contributed by atoms with van der Waals surface area (Å²) in [5.74, 6) is 1.42. The Morgan fingerprint density at radius 3 is 2.61 bits per heavy atom. The van der Waals surface area contributed by atoms with Crippen molar-refractivity contribution in [2.75, 3.05) is 7.11 Å². The normalized spacial score (nSPS) is 14.7. The number of aromatic amines is 1. The zero-order valence-electron chi connectivity index (χ0n) is 20.4. The van der Waals surface area contributed by atoms with E-state index in [1.807, 2.05) is 18.2 Å². The minimum absolute atomic E-state index is 0. The molecule has 5 rings (SSSR count). The van der Waals surface area contributed by atoms with Crippen molar-refractivity contribution in [2.45, 2.75) is 51.7 Å². The van der Waals surface area contributed by atoms with Crippen molar-refractivity contribution in [3.63, 3.8) is 0 Å². The Labute approximate surface area is 216 Å². The Bertz CT molecular complexity index is 1300. The van der Waals surface area contributed by atoms with Crippen LogP contribution in [0.1, 0.15) is 42.5 Å². The van der Waals surface area contributed by atoms with E-state index in [0.29, 0.717) is 18.8 Å². The summed E-state index contributed by atoms with van der Waals surface area (Å²) in [5, 5.41) is 17.8. The van der Waals surface area contributed by atoms with Crippen molar-refractivity contribution in [3.05, 3.63) is 71.3 Å². The van der Waals surface area contributed by atoms with Crippen molar-refractivity contribution in [2.24, 2.45) is 0 Å². The van der Waals surface area contributed by atoms with Crippen molar-refractivity contribution in [1.29, 1.82) is 0 Å². The number of benzene rings is 2. The van der Waals surface area contributed by atoms with Gasteiger partial charge in [0.2, 0.25) is 5.82 Å². The summed E-state index contributed by atoms with van der Waals surface area (Å²) in [7, 11) is 1.43. The number of methoxy groups -OCH3 is 1. The minimum Gasteiger partial charge on any atom is -0.468 e. The van der Waals surface area contributed by atoms with Crippen LogP contribution in [0.25, 0.3) is 22.5 Å². The van der Waals surface area contributed by atoms with Crippen LogP contribution in [-0.2, 0) is 35.5 Å². The Morgan fingerprint density at radius 2 is 1.92 bits per heavy atom. The minimum atomic E-state index is -0.339. The number of imidazole rings is 1. The number of aromatic nitrogens is 6. The number of nitrogens with one attached hydrogen (secondary N) is 2. The first kappa shape index (κ1) is 25.5. The van der Waals surface area contributed by atoms with E-state index in [0.717, 1.165) is 59.7 Å². The number of halogens is 1. The molecule has 188 valence electrons. The number of fused-ring (bicyclic) bond motifs is 1. The number of tetrazole rings is 1. The number of rotatable bonds is 8. The van der Waals surface area contributed by atoms with Gasteiger partial charge < -0.3 is 9.30 Å². The summed E-state index contributed by atoms with van der Waals surface area (Å²) in [6.07, 6.45) is 3.66. The van der Waals surface area contributed by atoms with Gasteiger partial charge in [0.25, 0.3) is 0 Å². The summed E-state index contributed by atoms with van der Waals surface area (Å²) >= 11 is 0. The SMILES string of the molecule is CCCCc1nc2c(n1Cc1ccc(-c3ccccc3-c3nn[nH]n3)cc1)CNC(C(=O)OC)C2.Cl. The lowest BCUT2D eigenvalue weighted by Crippen LogP contribution is -2.43. The third-order valence-corrected chi connectivity index (χ3v) is 6.51. The number of unbranched alkanes of at least 4 members (excludes halogenated alkanes) is 1. The smallest absolute Gasteiger partial charge is 0.323 e. The number of esters is 1. The molecule has 2 aromatic heterocycles. The predicted molar refractivity (Wildman–Crippen MR) is 139 cm³/mol. The summed E-state index contributed by atoms with van der Waals surface area (Å²) in [6.45, 7) is 3.52. The molecule has 0 radical (unpaired) electrons. The second kappa shape index (κ2) is 11.5. The van der Waals surface area contributed by atoms with Crippen LogP contribution in [0.15, 0.2) is 48.5 Å². The number of hydrogen-bond acceptors (Lipinski definition) is 7. The van der Waals surface area contributed by atoms with Gasteiger partial charge in [-0.1, -0.05) is 61.9 Å². The molecular formula is C26H30ClN7O2. The van der Waals surface area contributed by atoms with Gasteiger partial charge in [-0.25, -0.2) is 4.98 Å². The summed E-state index contributed by atoms with van der Waals surface area (Å²) in [5.41, 5.74) is 6.43. The molecule has 2 N–H and O–H groups in total. The highest BCUT2D eigenvalue weighted by atomic mass is 35.5. The fourth-order valence-corrected chi connectivity index (χ4v) is 4.64. The van der Waals surface area contributed by atoms with E-state index >= 15 is 0 Å². The first-order chi connectivity index (χ1) is 17.2. The van der Waals surface area contributed by atoms with Gasteiger partial charge in [0.15, 0.2) is 0 Å². The number of H-pyrrole nitrogens is 1. The highest BCUT2D eigenvalue weighted by Crippen LogP contribution is 2.30. The van der Waals surface area contributed by atoms with Crippen molar-refractivity contribution in [1.82, 2.24) is 35.5 Å². The van der Waals surface area contributed by atoms with Gasteiger partial charge in [0.05, 0.1) is 18.5 Å². The largest absolute Gasteiger partial charge is 0.468 e. The number of carbonyl (C=O) groups is 1. The molecule has 1 unspecified atom stereocenters. The molecule has 10 heteroatoms. The highest BCUT2D eigenvalue weighted by molar-refractivity contribution is 5.85. The Kier molecular flexibility index (Phi) is 8.12. The number of aryl methyl sites for hydroxylation is 1. The van der Waals surface area contributed by atoms with Crippen LogP contribution in [0.3, 0.4) is 0 Å². The zero-order chi connectivity index (χ0) is 24.2. The van der Waals surface area contributed by atoms with Gasteiger partial charge in [0, 0.05) is 31.5 Å². The predicted octanol–water partition coefficient (Wildman–Crippen LogP) is 3.73. The molecule has 0 fully saturated rings. The molecule has 1 aliphatic rings. The highest BCUT2D eigenvalue weighted by Gasteiger charge is 2.29. The van der Waals surface area contributed by atoms with Gasteiger partial charge in [-0.3, -0.25) is 10.1 Å². The molecular weight excluding hydrogens is 478 g/mol. The van der Waals surface area contributed by atoms with Gasteiger partial charge in [-0.05, 0) is 28.3 Å². The fraction of sp³-hybridized carbons (Fsp3) is 0.346. The van der Waals surface area contributed by atoms with Crippen LogP contribution in [0.2, 0.25) is 0 Å². The van der Waals surface area contributed by atoms with Crippen LogP contribution in [-0.4, -0.2) is 49.3 Å². The van der Waals surface area contributed by atoms with E-state index < -0.39 is 0 Å². The lowest BCUT2D eigenvalue weighted by molar-refractivity contribution is -0.143. The fourth-order valence-electron chi connectivity index (χ4n) is 4.64. The zero-order valence-corrected chi connectivity index (χ0v) is 21.2. The molecule has 1 atom stereocenters. The van der Waals surface area contributed by atoms with E-state index in [4.69, 9.17) is 9.72 Å². The molecule has 2 aromatic carbocycles.